The van der Waals surface area contributed by atoms with E-state index in [4.69, 9.17) is 14.2 Å². The second-order valence-electron chi connectivity index (χ2n) is 13.8. The number of hydrogen-bond acceptors (Lipinski definition) is 6. The molecule has 0 heterocycles. The molecule has 0 aromatic heterocycles. The molecule has 0 saturated carbocycles. The van der Waals surface area contributed by atoms with E-state index in [1.165, 1.54) is 0 Å². The van der Waals surface area contributed by atoms with Crippen molar-refractivity contribution in [1.29, 1.82) is 0 Å². The summed E-state index contributed by atoms with van der Waals surface area (Å²) in [4.78, 5) is 37.6. The van der Waals surface area contributed by atoms with Crippen LogP contribution in [0.3, 0.4) is 0 Å². The molecule has 0 spiro atoms. The Labute approximate surface area is 342 Å². The molecule has 6 nitrogen and oxygen atoms in total. The van der Waals surface area contributed by atoms with Gasteiger partial charge in [-0.1, -0.05) is 149 Å². The molecule has 314 valence electrons. The summed E-state index contributed by atoms with van der Waals surface area (Å²) in [6.07, 6.45) is 58.1. The van der Waals surface area contributed by atoms with Crippen molar-refractivity contribution in [1.82, 2.24) is 0 Å². The number of rotatable bonds is 37. The van der Waals surface area contributed by atoms with E-state index in [1.54, 1.807) is 0 Å². The zero-order chi connectivity index (χ0) is 40.8. The van der Waals surface area contributed by atoms with Crippen LogP contribution in [-0.2, 0) is 28.6 Å². The van der Waals surface area contributed by atoms with E-state index >= 15 is 0 Å². The summed E-state index contributed by atoms with van der Waals surface area (Å²) in [6, 6.07) is 0. The van der Waals surface area contributed by atoms with Crippen molar-refractivity contribution in [3.8, 4) is 0 Å². The van der Waals surface area contributed by atoms with Gasteiger partial charge in [0.05, 0.1) is 0 Å². The topological polar surface area (TPSA) is 78.9 Å². The van der Waals surface area contributed by atoms with Gasteiger partial charge in [0.1, 0.15) is 13.2 Å². The van der Waals surface area contributed by atoms with Crippen molar-refractivity contribution in [3.63, 3.8) is 0 Å². The molecule has 0 aliphatic carbocycles. The first kappa shape index (κ1) is 52.1. The molecule has 0 aromatic rings. The Morgan fingerprint density at radius 2 is 0.661 bits per heavy atom. The van der Waals surface area contributed by atoms with E-state index < -0.39 is 6.10 Å². The molecule has 0 aromatic carbocycles. The van der Waals surface area contributed by atoms with Gasteiger partial charge < -0.3 is 14.2 Å². The quantitative estimate of drug-likeness (QED) is 0.0271. The van der Waals surface area contributed by atoms with Crippen molar-refractivity contribution in [2.24, 2.45) is 0 Å². The van der Waals surface area contributed by atoms with Gasteiger partial charge in [0.2, 0.25) is 0 Å². The van der Waals surface area contributed by atoms with Gasteiger partial charge in [0.25, 0.3) is 0 Å². The second kappa shape index (κ2) is 43.8. The Morgan fingerprint density at radius 1 is 0.357 bits per heavy atom. The normalized spacial score (nSPS) is 13.1. The fourth-order valence-corrected chi connectivity index (χ4v) is 5.31. The molecule has 6 heteroatoms. The lowest BCUT2D eigenvalue weighted by molar-refractivity contribution is -0.167. The lowest BCUT2D eigenvalue weighted by atomic mass is 10.1. The summed E-state index contributed by atoms with van der Waals surface area (Å²) in [5.41, 5.74) is 0. The highest BCUT2D eigenvalue weighted by molar-refractivity contribution is 5.71. The zero-order valence-electron chi connectivity index (χ0n) is 35.6. The van der Waals surface area contributed by atoms with Crippen LogP contribution in [-0.4, -0.2) is 37.2 Å². The van der Waals surface area contributed by atoms with Gasteiger partial charge in [-0.25, -0.2) is 0 Å². The summed E-state index contributed by atoms with van der Waals surface area (Å²) in [7, 11) is 0. The third-order valence-electron chi connectivity index (χ3n) is 8.50. The molecule has 1 atom stereocenters. The second-order valence-corrected chi connectivity index (χ2v) is 13.8. The van der Waals surface area contributed by atoms with Crippen molar-refractivity contribution in [2.75, 3.05) is 13.2 Å². The molecule has 0 radical (unpaired) electrons. The number of carbonyl (C=O) groups excluding carboxylic acids is 3. The van der Waals surface area contributed by atoms with Crippen LogP contribution in [0.5, 0.6) is 0 Å². The van der Waals surface area contributed by atoms with Crippen molar-refractivity contribution in [3.05, 3.63) is 109 Å². The predicted octanol–water partition coefficient (Wildman–Crippen LogP) is 14.0. The van der Waals surface area contributed by atoms with Crippen LogP contribution < -0.4 is 0 Å². The Balaban J connectivity index is 4.52. The molecular weight excluding hydrogens is 697 g/mol. The summed E-state index contributed by atoms with van der Waals surface area (Å²) in [5.74, 6) is -1.05. The predicted molar refractivity (Wildman–Crippen MR) is 237 cm³/mol. The van der Waals surface area contributed by atoms with Crippen LogP contribution in [0, 0.1) is 0 Å². The zero-order valence-corrected chi connectivity index (χ0v) is 35.6. The highest BCUT2D eigenvalue weighted by Crippen LogP contribution is 2.11. The minimum absolute atomic E-state index is 0.122. The van der Waals surface area contributed by atoms with Crippen LogP contribution in [0.4, 0.5) is 0 Å². The van der Waals surface area contributed by atoms with Crippen molar-refractivity contribution >= 4 is 17.9 Å². The van der Waals surface area contributed by atoms with Crippen molar-refractivity contribution in [2.45, 2.75) is 175 Å². The van der Waals surface area contributed by atoms with Crippen molar-refractivity contribution < 1.29 is 28.6 Å². The Morgan fingerprint density at radius 3 is 1.11 bits per heavy atom. The monoisotopic (exact) mass is 775 g/mol. The molecule has 56 heavy (non-hydrogen) atoms. The molecule has 0 N–H and O–H groups in total. The van der Waals surface area contributed by atoms with Gasteiger partial charge in [0, 0.05) is 19.3 Å². The first-order valence-corrected chi connectivity index (χ1v) is 21.9. The number of carbonyl (C=O) groups is 3. The van der Waals surface area contributed by atoms with Gasteiger partial charge in [-0.15, -0.1) is 0 Å². The number of esters is 3. The first-order valence-electron chi connectivity index (χ1n) is 21.9. The van der Waals surface area contributed by atoms with Crippen LogP contribution in [0.1, 0.15) is 168 Å². The third-order valence-corrected chi connectivity index (χ3v) is 8.50. The summed E-state index contributed by atoms with van der Waals surface area (Å²) < 4.78 is 16.6. The maximum absolute atomic E-state index is 12.7. The van der Waals surface area contributed by atoms with Crippen LogP contribution in [0.2, 0.25) is 0 Å². The Kier molecular flexibility index (Phi) is 40.7. The highest BCUT2D eigenvalue weighted by Gasteiger charge is 2.19. The molecule has 0 bridgehead atoms. The van der Waals surface area contributed by atoms with Gasteiger partial charge in [-0.2, -0.15) is 0 Å². The fraction of sp³-hybridized carbons (Fsp3) is 0.580. The molecule has 0 amide bonds. The van der Waals surface area contributed by atoms with Crippen LogP contribution in [0.15, 0.2) is 109 Å². The van der Waals surface area contributed by atoms with Gasteiger partial charge in [0.15, 0.2) is 6.10 Å². The number of ether oxygens (including phenoxy) is 3. The average Bonchev–Trinajstić information content (AvgIpc) is 3.19. The SMILES string of the molecule is CC/C=C\C/C=C\C/C=C\C/C=C\C/C=C\CCCC(=O)OCC(COC(=O)CCCC/C=C\C/C=C\CC)OC(=O)CCCCCCC/C=C\C/C=C\CC. The van der Waals surface area contributed by atoms with Gasteiger partial charge >= 0.3 is 17.9 Å². The molecule has 0 rings (SSSR count). The fourth-order valence-electron chi connectivity index (χ4n) is 5.31. The van der Waals surface area contributed by atoms with Crippen LogP contribution >= 0.6 is 0 Å². The standard InChI is InChI=1S/C50H78O6/c1-4-7-10-13-16-19-21-23-24-25-26-27-29-31-34-37-40-43-49(52)55-46-47(45-54-48(51)42-39-36-33-30-18-15-12-9-6-3)56-50(53)44-41-38-35-32-28-22-20-17-14-11-8-5-2/h7-12,16-20,23-24,26-27,30-31,34,47H,4-6,13-15,21-22,25,28-29,32-33,35-46H2,1-3H3/b10-7-,11-8-,12-9-,19-16-,20-17-,24-23-,27-26-,30-18-,34-31-. The first-order chi connectivity index (χ1) is 27.5. The van der Waals surface area contributed by atoms with Gasteiger partial charge in [-0.05, 0) is 109 Å². The minimum atomic E-state index is -0.820. The van der Waals surface area contributed by atoms with E-state index in [9.17, 15) is 14.4 Å². The molecule has 0 fully saturated rings. The van der Waals surface area contributed by atoms with E-state index in [0.717, 1.165) is 122 Å². The summed E-state index contributed by atoms with van der Waals surface area (Å²) in [6.45, 7) is 6.15. The Bertz CT molecular complexity index is 1210. The maximum Gasteiger partial charge on any atom is 0.306 e. The van der Waals surface area contributed by atoms with E-state index in [2.05, 4.69) is 130 Å². The number of hydrogen-bond donors (Lipinski definition) is 0. The molecule has 0 aliphatic rings. The van der Waals surface area contributed by atoms with E-state index in [0.29, 0.717) is 12.8 Å². The molecular formula is C50H78O6. The largest absolute Gasteiger partial charge is 0.462 e. The Hall–Kier alpha value is -3.93. The van der Waals surface area contributed by atoms with Crippen LogP contribution in [0.25, 0.3) is 0 Å². The maximum atomic E-state index is 12.7. The number of unbranched alkanes of at least 4 members (excludes halogenated alkanes) is 8. The smallest absolute Gasteiger partial charge is 0.306 e. The highest BCUT2D eigenvalue weighted by atomic mass is 16.6. The summed E-state index contributed by atoms with van der Waals surface area (Å²) >= 11 is 0. The van der Waals surface area contributed by atoms with E-state index in [-0.39, 0.29) is 44.0 Å². The summed E-state index contributed by atoms with van der Waals surface area (Å²) in [5, 5.41) is 0. The lowest BCUT2D eigenvalue weighted by Gasteiger charge is -2.18. The number of allylic oxidation sites excluding steroid dienone is 18. The molecule has 0 saturated heterocycles. The minimum Gasteiger partial charge on any atom is -0.462 e. The average molecular weight is 775 g/mol. The molecule has 0 aliphatic heterocycles. The molecule has 1 unspecified atom stereocenters. The third kappa shape index (κ3) is 41.2. The lowest BCUT2D eigenvalue weighted by Crippen LogP contribution is -2.30. The van der Waals surface area contributed by atoms with E-state index in [1.807, 2.05) is 0 Å². The van der Waals surface area contributed by atoms with Gasteiger partial charge in [-0.3, -0.25) is 14.4 Å².